The number of carbonyl (C=O) groups excluding carboxylic acids is 1. The minimum absolute atomic E-state index is 0.0813. The fourth-order valence-electron chi connectivity index (χ4n) is 4.19. The van der Waals surface area contributed by atoms with Gasteiger partial charge >= 0.3 is 0 Å². The van der Waals surface area contributed by atoms with Crippen molar-refractivity contribution in [3.05, 3.63) is 59.8 Å². The average molecular weight is 439 g/mol. The average Bonchev–Trinajstić information content (AvgIpc) is 3.34. The van der Waals surface area contributed by atoms with Crippen molar-refractivity contribution < 1.29 is 9.18 Å². The smallest absolute Gasteiger partial charge is 0.224 e. The normalized spacial score (nSPS) is 16.2. The lowest BCUT2D eigenvalue weighted by Gasteiger charge is -2.32. The number of likely N-dealkylation sites (tertiary alicyclic amines) is 1. The number of carbonyl (C=O) groups is 1. The van der Waals surface area contributed by atoms with Crippen LogP contribution in [0.5, 0.6) is 0 Å². The number of aromatic nitrogens is 4. The van der Waals surface area contributed by atoms with Crippen LogP contribution >= 0.6 is 0 Å². The number of rotatable bonds is 7. The minimum Gasteiger partial charge on any atom is -0.353 e. The Morgan fingerprint density at radius 1 is 1.22 bits per heavy atom. The Bertz CT molecular complexity index is 1070. The molecule has 1 aromatic carbocycles. The molecule has 1 fully saturated rings. The highest BCUT2D eigenvalue weighted by atomic mass is 19.1. The summed E-state index contributed by atoms with van der Waals surface area (Å²) in [5.74, 6) is -0.304. The van der Waals surface area contributed by atoms with E-state index in [-0.39, 0.29) is 23.7 Å². The fourth-order valence-corrected chi connectivity index (χ4v) is 4.19. The number of piperidine rings is 1. The van der Waals surface area contributed by atoms with Crippen molar-refractivity contribution in [1.29, 1.82) is 0 Å². The third-order valence-corrected chi connectivity index (χ3v) is 6.13. The van der Waals surface area contributed by atoms with Gasteiger partial charge in [-0.15, -0.1) is 0 Å². The van der Waals surface area contributed by atoms with E-state index < -0.39 is 0 Å². The number of nitrogens with zero attached hydrogens (tertiary/aromatic N) is 5. The van der Waals surface area contributed by atoms with E-state index in [4.69, 9.17) is 0 Å². The van der Waals surface area contributed by atoms with Gasteiger partial charge in [0.2, 0.25) is 5.91 Å². The second kappa shape index (κ2) is 9.65. The van der Waals surface area contributed by atoms with E-state index >= 15 is 0 Å². The van der Waals surface area contributed by atoms with Gasteiger partial charge in [-0.3, -0.25) is 19.1 Å². The number of hydrogen-bond donors (Lipinski definition) is 1. The summed E-state index contributed by atoms with van der Waals surface area (Å²) in [7, 11) is 1.90. The van der Waals surface area contributed by atoms with E-state index in [1.165, 1.54) is 6.07 Å². The third-order valence-electron chi connectivity index (χ3n) is 6.13. The predicted octanol–water partition coefficient (Wildman–Crippen LogP) is 3.15. The van der Waals surface area contributed by atoms with Crippen LogP contribution in [0.4, 0.5) is 4.39 Å². The highest BCUT2D eigenvalue weighted by Crippen LogP contribution is 2.23. The first-order valence-corrected chi connectivity index (χ1v) is 11.2. The zero-order chi connectivity index (χ0) is 22.7. The van der Waals surface area contributed by atoms with Crippen molar-refractivity contribution in [2.45, 2.75) is 45.8 Å². The number of amides is 1. The van der Waals surface area contributed by atoms with Crippen molar-refractivity contribution in [2.75, 3.05) is 13.1 Å². The van der Waals surface area contributed by atoms with Gasteiger partial charge in [-0.05, 0) is 44.0 Å². The second-order valence-corrected chi connectivity index (χ2v) is 8.76. The molecule has 0 bridgehead atoms. The van der Waals surface area contributed by atoms with Gasteiger partial charge < -0.3 is 5.32 Å². The first kappa shape index (κ1) is 22.2. The lowest BCUT2D eigenvalue weighted by molar-refractivity contribution is -0.126. The van der Waals surface area contributed by atoms with E-state index in [9.17, 15) is 9.18 Å². The van der Waals surface area contributed by atoms with Gasteiger partial charge in [-0.2, -0.15) is 10.2 Å². The lowest BCUT2D eigenvalue weighted by Crippen LogP contribution is -2.46. The number of benzene rings is 1. The molecule has 1 saturated heterocycles. The molecule has 0 aliphatic carbocycles. The summed E-state index contributed by atoms with van der Waals surface area (Å²) in [5, 5.41) is 12.1. The maximum absolute atomic E-state index is 14.1. The fraction of sp³-hybridized carbons (Fsp3) is 0.458. The summed E-state index contributed by atoms with van der Waals surface area (Å²) < 4.78 is 17.8. The molecule has 0 spiro atoms. The Balaban J connectivity index is 1.27. The quantitative estimate of drug-likeness (QED) is 0.615. The maximum Gasteiger partial charge on any atom is 0.224 e. The zero-order valence-electron chi connectivity index (χ0n) is 19.0. The van der Waals surface area contributed by atoms with E-state index in [1.54, 1.807) is 12.1 Å². The Hall–Kier alpha value is -3.00. The first-order valence-electron chi connectivity index (χ1n) is 11.2. The largest absolute Gasteiger partial charge is 0.353 e. The van der Waals surface area contributed by atoms with Crippen LogP contribution in [-0.4, -0.2) is 49.5 Å². The molecule has 7 nitrogen and oxygen atoms in total. The molecule has 3 heterocycles. The van der Waals surface area contributed by atoms with Crippen LogP contribution in [0.25, 0.3) is 11.3 Å². The molecule has 1 N–H and O–H groups in total. The lowest BCUT2D eigenvalue weighted by atomic mass is 10.0. The molecule has 170 valence electrons. The summed E-state index contributed by atoms with van der Waals surface area (Å²) in [5.41, 5.74) is 3.19. The van der Waals surface area contributed by atoms with Gasteiger partial charge in [-0.1, -0.05) is 19.1 Å². The molecule has 4 rings (SSSR count). The van der Waals surface area contributed by atoms with Crippen LogP contribution < -0.4 is 5.32 Å². The van der Waals surface area contributed by atoms with Crippen LogP contribution in [0, 0.1) is 18.7 Å². The summed E-state index contributed by atoms with van der Waals surface area (Å²) in [4.78, 5) is 15.0. The number of halogens is 1. The first-order chi connectivity index (χ1) is 15.4. The Labute approximate surface area is 188 Å². The van der Waals surface area contributed by atoms with Crippen LogP contribution in [0.1, 0.15) is 31.2 Å². The van der Waals surface area contributed by atoms with Gasteiger partial charge in [0, 0.05) is 44.5 Å². The summed E-state index contributed by atoms with van der Waals surface area (Å²) in [6.45, 7) is 7.03. The van der Waals surface area contributed by atoms with Gasteiger partial charge in [0.15, 0.2) is 0 Å². The van der Waals surface area contributed by atoms with Crippen molar-refractivity contribution in [3.63, 3.8) is 0 Å². The van der Waals surface area contributed by atoms with E-state index in [1.807, 2.05) is 54.7 Å². The molecule has 1 amide bonds. The molecule has 32 heavy (non-hydrogen) atoms. The van der Waals surface area contributed by atoms with E-state index in [0.717, 1.165) is 43.9 Å². The summed E-state index contributed by atoms with van der Waals surface area (Å²) in [6.07, 6.45) is 3.74. The van der Waals surface area contributed by atoms with Crippen LogP contribution in [0.2, 0.25) is 0 Å². The zero-order valence-corrected chi connectivity index (χ0v) is 19.0. The van der Waals surface area contributed by atoms with E-state index in [0.29, 0.717) is 17.8 Å². The topological polar surface area (TPSA) is 68.0 Å². The SMILES string of the molecule is Cc1ccn(CC(C)C(=O)NC2CCN(Cc3cc(-c4ccccc4F)nn3C)CC2)n1. The highest BCUT2D eigenvalue weighted by molar-refractivity contribution is 5.78. The molecule has 1 atom stereocenters. The third kappa shape index (κ3) is 5.24. The molecule has 3 aromatic rings. The Morgan fingerprint density at radius 3 is 2.66 bits per heavy atom. The number of nitrogens with one attached hydrogen (secondary N) is 1. The molecule has 2 aromatic heterocycles. The van der Waals surface area contributed by atoms with Crippen LogP contribution in [0.3, 0.4) is 0 Å². The van der Waals surface area contributed by atoms with Gasteiger partial charge in [-0.25, -0.2) is 4.39 Å². The minimum atomic E-state index is -0.259. The van der Waals surface area contributed by atoms with Crippen molar-refractivity contribution in [1.82, 2.24) is 29.8 Å². The standard InChI is InChI=1S/C24H31FN6O/c1-17(15-31-13-8-18(2)27-31)24(32)26-19-9-11-30(12-10-19)16-20-14-23(28-29(20)3)21-6-4-5-7-22(21)25/h4-8,13-14,17,19H,9-12,15-16H2,1-3H3,(H,26,32). The van der Waals surface area contributed by atoms with Crippen LogP contribution in [0.15, 0.2) is 42.6 Å². The Morgan fingerprint density at radius 2 is 1.97 bits per heavy atom. The number of hydrogen-bond acceptors (Lipinski definition) is 4. The van der Waals surface area contributed by atoms with Crippen LogP contribution in [-0.2, 0) is 24.9 Å². The molecule has 0 saturated carbocycles. The maximum atomic E-state index is 14.1. The molecular weight excluding hydrogens is 407 g/mol. The van der Waals surface area contributed by atoms with Gasteiger partial charge in [0.25, 0.3) is 0 Å². The monoisotopic (exact) mass is 438 g/mol. The summed E-state index contributed by atoms with van der Waals surface area (Å²) >= 11 is 0. The molecule has 8 heteroatoms. The van der Waals surface area contributed by atoms with Gasteiger partial charge in [0.05, 0.1) is 29.5 Å². The molecule has 1 unspecified atom stereocenters. The van der Waals surface area contributed by atoms with Crippen molar-refractivity contribution in [3.8, 4) is 11.3 Å². The van der Waals surface area contributed by atoms with E-state index in [2.05, 4.69) is 20.4 Å². The molecule has 1 aliphatic rings. The van der Waals surface area contributed by atoms with Crippen molar-refractivity contribution in [2.24, 2.45) is 13.0 Å². The molecule has 1 aliphatic heterocycles. The second-order valence-electron chi connectivity index (χ2n) is 8.76. The molecular formula is C24H31FN6O. The Kier molecular flexibility index (Phi) is 6.69. The summed E-state index contributed by atoms with van der Waals surface area (Å²) in [6, 6.07) is 10.8. The van der Waals surface area contributed by atoms with Gasteiger partial charge in [0.1, 0.15) is 5.82 Å². The molecule has 0 radical (unpaired) electrons. The number of aryl methyl sites for hydroxylation is 2. The highest BCUT2D eigenvalue weighted by Gasteiger charge is 2.24. The predicted molar refractivity (Wildman–Crippen MR) is 121 cm³/mol. The van der Waals surface area contributed by atoms with Crippen molar-refractivity contribution >= 4 is 5.91 Å².